The minimum absolute atomic E-state index is 0.112. The number of hydrogen-bond acceptors (Lipinski definition) is 4. The quantitative estimate of drug-likeness (QED) is 0.707. The van der Waals surface area contributed by atoms with Crippen LogP contribution in [-0.4, -0.2) is 77.3 Å². The molecule has 1 aromatic heterocycles. The first-order valence-electron chi connectivity index (χ1n) is 8.15. The number of nitrogens with zero attached hydrogens (tertiary/aromatic N) is 4. The molecule has 130 valence electrons. The standard InChI is InChI=1S/C16H20BrClN4O2/c17-12-9-13(15(18)19-10-12)16(24)22-7-5-20(6-8-22)11-14(23)21-3-1-2-4-21/h9-10H,1-8,11H2. The van der Waals surface area contributed by atoms with Crippen LogP contribution >= 0.6 is 27.5 Å². The Morgan fingerprint density at radius 1 is 1.08 bits per heavy atom. The number of piperazine rings is 1. The molecule has 0 unspecified atom stereocenters. The maximum Gasteiger partial charge on any atom is 0.257 e. The highest BCUT2D eigenvalue weighted by Gasteiger charge is 2.26. The molecule has 24 heavy (non-hydrogen) atoms. The van der Waals surface area contributed by atoms with Crippen LogP contribution in [-0.2, 0) is 4.79 Å². The van der Waals surface area contributed by atoms with E-state index < -0.39 is 0 Å². The third-order valence-electron chi connectivity index (χ3n) is 4.51. The van der Waals surface area contributed by atoms with Gasteiger partial charge in [0.1, 0.15) is 5.15 Å². The van der Waals surface area contributed by atoms with Gasteiger partial charge in [-0.3, -0.25) is 14.5 Å². The van der Waals surface area contributed by atoms with Crippen molar-refractivity contribution < 1.29 is 9.59 Å². The number of likely N-dealkylation sites (tertiary alicyclic amines) is 1. The summed E-state index contributed by atoms with van der Waals surface area (Å²) in [5.74, 6) is 0.0887. The van der Waals surface area contributed by atoms with Gasteiger partial charge in [0.25, 0.3) is 5.91 Å². The highest BCUT2D eigenvalue weighted by molar-refractivity contribution is 9.10. The Morgan fingerprint density at radius 3 is 2.42 bits per heavy atom. The molecule has 2 amide bonds. The van der Waals surface area contributed by atoms with E-state index in [1.54, 1.807) is 17.2 Å². The fourth-order valence-electron chi connectivity index (χ4n) is 3.11. The van der Waals surface area contributed by atoms with Crippen molar-refractivity contribution in [3.8, 4) is 0 Å². The normalized spacial score (nSPS) is 18.9. The lowest BCUT2D eigenvalue weighted by Gasteiger charge is -2.35. The predicted molar refractivity (Wildman–Crippen MR) is 95.1 cm³/mol. The predicted octanol–water partition coefficient (Wildman–Crippen LogP) is 1.88. The largest absolute Gasteiger partial charge is 0.342 e. The minimum Gasteiger partial charge on any atom is -0.342 e. The molecule has 8 heteroatoms. The van der Waals surface area contributed by atoms with E-state index in [4.69, 9.17) is 11.6 Å². The summed E-state index contributed by atoms with van der Waals surface area (Å²) in [6.07, 6.45) is 3.78. The molecule has 0 spiro atoms. The van der Waals surface area contributed by atoms with Crippen molar-refractivity contribution in [1.82, 2.24) is 19.7 Å². The molecule has 0 aromatic carbocycles. The number of carbonyl (C=O) groups excluding carboxylic acids is 2. The van der Waals surface area contributed by atoms with Gasteiger partial charge in [0, 0.05) is 49.9 Å². The first-order chi connectivity index (χ1) is 11.5. The molecule has 2 aliphatic rings. The Bertz CT molecular complexity index is 629. The van der Waals surface area contributed by atoms with Gasteiger partial charge in [-0.15, -0.1) is 0 Å². The third-order valence-corrected chi connectivity index (χ3v) is 5.25. The van der Waals surface area contributed by atoms with Crippen molar-refractivity contribution >= 4 is 39.3 Å². The first kappa shape index (κ1) is 17.6. The van der Waals surface area contributed by atoms with Crippen LogP contribution in [0.1, 0.15) is 23.2 Å². The molecule has 0 N–H and O–H groups in total. The summed E-state index contributed by atoms with van der Waals surface area (Å²) in [6, 6.07) is 1.70. The smallest absolute Gasteiger partial charge is 0.257 e. The molecular weight excluding hydrogens is 396 g/mol. The van der Waals surface area contributed by atoms with Gasteiger partial charge in [-0.25, -0.2) is 4.98 Å². The number of amides is 2. The molecule has 3 heterocycles. The van der Waals surface area contributed by atoms with Crippen molar-refractivity contribution in [2.75, 3.05) is 45.8 Å². The second-order valence-corrected chi connectivity index (χ2v) is 7.42. The van der Waals surface area contributed by atoms with E-state index in [2.05, 4.69) is 25.8 Å². The molecule has 0 aliphatic carbocycles. The van der Waals surface area contributed by atoms with E-state index in [0.29, 0.717) is 38.3 Å². The topological polar surface area (TPSA) is 56.8 Å². The molecule has 0 bridgehead atoms. The van der Waals surface area contributed by atoms with Gasteiger partial charge >= 0.3 is 0 Å². The average molecular weight is 416 g/mol. The molecule has 2 aliphatic heterocycles. The molecule has 0 radical (unpaired) electrons. The van der Waals surface area contributed by atoms with Crippen LogP contribution in [0, 0.1) is 0 Å². The first-order valence-corrected chi connectivity index (χ1v) is 9.32. The van der Waals surface area contributed by atoms with Gasteiger partial charge in [-0.1, -0.05) is 11.6 Å². The summed E-state index contributed by atoms with van der Waals surface area (Å²) in [5.41, 5.74) is 0.410. The van der Waals surface area contributed by atoms with E-state index >= 15 is 0 Å². The Hall–Kier alpha value is -1.18. The lowest BCUT2D eigenvalue weighted by atomic mass is 10.2. The van der Waals surface area contributed by atoms with Crippen molar-refractivity contribution in [2.24, 2.45) is 0 Å². The Morgan fingerprint density at radius 2 is 1.75 bits per heavy atom. The molecule has 0 saturated carbocycles. The minimum atomic E-state index is -0.112. The van der Waals surface area contributed by atoms with Gasteiger partial charge in [0.05, 0.1) is 12.1 Å². The molecule has 2 saturated heterocycles. The third kappa shape index (κ3) is 4.07. The maximum atomic E-state index is 12.6. The SMILES string of the molecule is O=C(CN1CCN(C(=O)c2cc(Br)cnc2Cl)CC1)N1CCCC1. The van der Waals surface area contributed by atoms with Crippen LogP contribution in [0.2, 0.25) is 5.15 Å². The summed E-state index contributed by atoms with van der Waals surface area (Å²) in [4.78, 5) is 34.6. The highest BCUT2D eigenvalue weighted by Crippen LogP contribution is 2.20. The summed E-state index contributed by atoms with van der Waals surface area (Å²) in [6.45, 7) is 4.79. The number of aromatic nitrogens is 1. The zero-order valence-corrected chi connectivity index (χ0v) is 15.7. The monoisotopic (exact) mass is 414 g/mol. The zero-order chi connectivity index (χ0) is 17.1. The summed E-state index contributed by atoms with van der Waals surface area (Å²) < 4.78 is 0.727. The summed E-state index contributed by atoms with van der Waals surface area (Å²) in [5, 5.41) is 0.217. The molecular formula is C16H20BrClN4O2. The fraction of sp³-hybridized carbons (Fsp3) is 0.562. The number of pyridine rings is 1. The van der Waals surface area contributed by atoms with E-state index in [1.165, 1.54) is 0 Å². The summed E-state index contributed by atoms with van der Waals surface area (Å²) in [7, 11) is 0. The van der Waals surface area contributed by atoms with Crippen LogP contribution in [0.5, 0.6) is 0 Å². The summed E-state index contributed by atoms with van der Waals surface area (Å²) >= 11 is 9.36. The van der Waals surface area contributed by atoms with E-state index in [0.717, 1.165) is 30.4 Å². The lowest BCUT2D eigenvalue weighted by Crippen LogP contribution is -2.51. The number of hydrogen-bond donors (Lipinski definition) is 0. The van der Waals surface area contributed by atoms with Crippen LogP contribution in [0.3, 0.4) is 0 Å². The average Bonchev–Trinajstić information content (AvgIpc) is 3.12. The van der Waals surface area contributed by atoms with Crippen molar-refractivity contribution in [2.45, 2.75) is 12.8 Å². The Balaban J connectivity index is 1.53. The van der Waals surface area contributed by atoms with Crippen molar-refractivity contribution in [3.63, 3.8) is 0 Å². The van der Waals surface area contributed by atoms with E-state index in [1.807, 2.05) is 4.90 Å². The Kier molecular flexibility index (Phi) is 5.73. The Labute approximate surface area is 154 Å². The number of carbonyl (C=O) groups is 2. The van der Waals surface area contributed by atoms with E-state index in [9.17, 15) is 9.59 Å². The second kappa shape index (κ2) is 7.80. The van der Waals surface area contributed by atoms with Crippen molar-refractivity contribution in [1.29, 1.82) is 0 Å². The van der Waals surface area contributed by atoms with Crippen LogP contribution in [0.25, 0.3) is 0 Å². The van der Waals surface area contributed by atoms with Gasteiger partial charge in [-0.2, -0.15) is 0 Å². The molecule has 2 fully saturated rings. The van der Waals surface area contributed by atoms with Crippen LogP contribution in [0.4, 0.5) is 0 Å². The number of rotatable bonds is 3. The van der Waals surface area contributed by atoms with Gasteiger partial charge in [0.2, 0.25) is 5.91 Å². The van der Waals surface area contributed by atoms with Crippen LogP contribution < -0.4 is 0 Å². The maximum absolute atomic E-state index is 12.6. The highest BCUT2D eigenvalue weighted by atomic mass is 79.9. The molecule has 1 aromatic rings. The molecule has 6 nitrogen and oxygen atoms in total. The fourth-order valence-corrected chi connectivity index (χ4v) is 3.63. The van der Waals surface area contributed by atoms with Crippen molar-refractivity contribution in [3.05, 3.63) is 27.5 Å². The van der Waals surface area contributed by atoms with Gasteiger partial charge in [0.15, 0.2) is 0 Å². The second-order valence-electron chi connectivity index (χ2n) is 6.15. The van der Waals surface area contributed by atoms with Gasteiger partial charge < -0.3 is 9.80 Å². The van der Waals surface area contributed by atoms with E-state index in [-0.39, 0.29) is 17.0 Å². The lowest BCUT2D eigenvalue weighted by molar-refractivity contribution is -0.131. The number of halogens is 2. The molecule has 3 rings (SSSR count). The van der Waals surface area contributed by atoms with Crippen LogP contribution in [0.15, 0.2) is 16.7 Å². The van der Waals surface area contributed by atoms with Gasteiger partial charge in [-0.05, 0) is 34.8 Å². The zero-order valence-electron chi connectivity index (χ0n) is 13.4. The molecule has 0 atom stereocenters.